The monoisotopic (exact) mass is 390 g/mol. The molecule has 2 unspecified atom stereocenters. The molecule has 0 aliphatic carbocycles. The molecule has 30 heavy (non-hydrogen) atoms. The fraction of sp³-hybridized carbons (Fsp3) is 0.138. The number of benzene rings is 4. The van der Waals surface area contributed by atoms with Crippen molar-refractivity contribution in [1.29, 1.82) is 0 Å². The zero-order valence-corrected chi connectivity index (χ0v) is 17.0. The lowest BCUT2D eigenvalue weighted by Gasteiger charge is -2.27. The van der Waals surface area contributed by atoms with Crippen LogP contribution in [0.5, 0.6) is 0 Å². The van der Waals surface area contributed by atoms with Crippen molar-refractivity contribution in [1.82, 2.24) is 0 Å². The van der Waals surface area contributed by atoms with Crippen LogP contribution in [0.25, 0.3) is 0 Å². The average Bonchev–Trinajstić information content (AvgIpc) is 2.83. The zero-order valence-electron chi connectivity index (χ0n) is 17.0. The van der Waals surface area contributed by atoms with Crippen LogP contribution in [0.1, 0.15) is 33.0 Å². The highest BCUT2D eigenvalue weighted by atomic mass is 16.1. The summed E-state index contributed by atoms with van der Waals surface area (Å²) in [5.74, 6) is 0.170. The molecule has 0 radical (unpaired) electrons. The molecule has 0 saturated heterocycles. The molecule has 0 amide bonds. The van der Waals surface area contributed by atoms with Crippen molar-refractivity contribution in [2.45, 2.75) is 18.8 Å². The van der Waals surface area contributed by atoms with Crippen molar-refractivity contribution in [3.8, 4) is 0 Å². The maximum absolute atomic E-state index is 13.8. The Morgan fingerprint density at radius 1 is 0.533 bits per heavy atom. The maximum atomic E-state index is 13.8. The molecule has 1 heteroatoms. The van der Waals surface area contributed by atoms with E-state index in [1.807, 2.05) is 60.7 Å². The molecule has 0 N–H and O–H groups in total. The Kier molecular flexibility index (Phi) is 6.51. The molecular formula is C29H26O. The van der Waals surface area contributed by atoms with Crippen molar-refractivity contribution < 1.29 is 4.79 Å². The average molecular weight is 391 g/mol. The number of carbonyl (C=O) groups is 1. The SMILES string of the molecule is O=C(c1ccccc1)C(Cc1ccccc1)C(Cc1ccccc1)c1ccccc1. The van der Waals surface area contributed by atoms with Gasteiger partial charge in [0.05, 0.1) is 0 Å². The van der Waals surface area contributed by atoms with E-state index in [2.05, 4.69) is 60.7 Å². The van der Waals surface area contributed by atoms with E-state index in [9.17, 15) is 4.79 Å². The second kappa shape index (κ2) is 9.84. The van der Waals surface area contributed by atoms with Gasteiger partial charge in [-0.1, -0.05) is 121 Å². The number of hydrogen-bond acceptors (Lipinski definition) is 1. The summed E-state index contributed by atoms with van der Waals surface area (Å²) < 4.78 is 0. The summed E-state index contributed by atoms with van der Waals surface area (Å²) in [6, 6.07) is 41.1. The van der Waals surface area contributed by atoms with Gasteiger partial charge in [0, 0.05) is 11.5 Å². The first-order valence-electron chi connectivity index (χ1n) is 10.5. The van der Waals surface area contributed by atoms with E-state index in [0.29, 0.717) is 0 Å². The van der Waals surface area contributed by atoms with Crippen LogP contribution in [0.3, 0.4) is 0 Å². The molecule has 4 rings (SSSR count). The summed E-state index contributed by atoms with van der Waals surface area (Å²) in [5, 5.41) is 0. The standard InChI is InChI=1S/C29H26O/c30-29(26-19-11-4-12-20-26)28(22-24-15-7-2-8-16-24)27(25-17-9-3-10-18-25)21-23-13-5-1-6-14-23/h1-20,27-28H,21-22H2. The first-order valence-corrected chi connectivity index (χ1v) is 10.5. The van der Waals surface area contributed by atoms with E-state index in [4.69, 9.17) is 0 Å². The number of Topliss-reactive ketones (excluding diaryl/α,β-unsaturated/α-hetero) is 1. The molecule has 0 aromatic heterocycles. The largest absolute Gasteiger partial charge is 0.294 e. The Labute approximate surface area is 179 Å². The lowest BCUT2D eigenvalue weighted by atomic mass is 9.75. The molecule has 0 aliphatic heterocycles. The Morgan fingerprint density at radius 2 is 0.967 bits per heavy atom. The quantitative estimate of drug-likeness (QED) is 0.304. The van der Waals surface area contributed by atoms with Crippen LogP contribution in [-0.2, 0) is 12.8 Å². The van der Waals surface area contributed by atoms with E-state index in [1.54, 1.807) is 0 Å². The van der Waals surface area contributed by atoms with Crippen molar-refractivity contribution >= 4 is 5.78 Å². The van der Waals surface area contributed by atoms with E-state index in [-0.39, 0.29) is 17.6 Å². The van der Waals surface area contributed by atoms with Gasteiger partial charge in [-0.25, -0.2) is 0 Å². The van der Waals surface area contributed by atoms with Crippen LogP contribution >= 0.6 is 0 Å². The van der Waals surface area contributed by atoms with Crippen LogP contribution in [0, 0.1) is 5.92 Å². The summed E-state index contributed by atoms with van der Waals surface area (Å²) in [4.78, 5) is 13.8. The van der Waals surface area contributed by atoms with Gasteiger partial charge < -0.3 is 0 Å². The second-order valence-electron chi connectivity index (χ2n) is 7.73. The molecule has 0 heterocycles. The fourth-order valence-electron chi connectivity index (χ4n) is 4.16. The molecule has 1 nitrogen and oxygen atoms in total. The predicted molar refractivity (Wildman–Crippen MR) is 124 cm³/mol. The van der Waals surface area contributed by atoms with Crippen molar-refractivity contribution in [2.75, 3.05) is 0 Å². The highest BCUT2D eigenvalue weighted by Gasteiger charge is 2.30. The second-order valence-corrected chi connectivity index (χ2v) is 7.73. The smallest absolute Gasteiger partial charge is 0.166 e. The van der Waals surface area contributed by atoms with Gasteiger partial charge in [-0.15, -0.1) is 0 Å². The third-order valence-corrected chi connectivity index (χ3v) is 5.71. The molecule has 0 saturated carbocycles. The van der Waals surface area contributed by atoms with E-state index in [1.165, 1.54) is 16.7 Å². The molecule has 0 bridgehead atoms. The Morgan fingerprint density at radius 3 is 1.50 bits per heavy atom. The Balaban J connectivity index is 1.76. The van der Waals surface area contributed by atoms with Crippen LogP contribution < -0.4 is 0 Å². The van der Waals surface area contributed by atoms with Gasteiger partial charge in [0.1, 0.15) is 0 Å². The van der Waals surface area contributed by atoms with E-state index in [0.717, 1.165) is 18.4 Å². The summed E-state index contributed by atoms with van der Waals surface area (Å²) >= 11 is 0. The number of hydrogen-bond donors (Lipinski definition) is 0. The van der Waals surface area contributed by atoms with Gasteiger partial charge in [0.2, 0.25) is 0 Å². The summed E-state index contributed by atoms with van der Waals surface area (Å²) in [6.45, 7) is 0. The van der Waals surface area contributed by atoms with Gasteiger partial charge in [-0.05, 0) is 35.4 Å². The minimum atomic E-state index is -0.141. The normalized spacial score (nSPS) is 12.8. The highest BCUT2D eigenvalue weighted by Crippen LogP contribution is 2.33. The predicted octanol–water partition coefficient (Wildman–Crippen LogP) is 6.75. The third kappa shape index (κ3) is 4.93. The lowest BCUT2D eigenvalue weighted by molar-refractivity contribution is 0.0898. The minimum absolute atomic E-state index is 0.0986. The van der Waals surface area contributed by atoms with Crippen LogP contribution in [0.4, 0.5) is 0 Å². The first kappa shape index (κ1) is 19.8. The van der Waals surface area contributed by atoms with Crippen molar-refractivity contribution in [3.63, 3.8) is 0 Å². The van der Waals surface area contributed by atoms with E-state index < -0.39 is 0 Å². The number of carbonyl (C=O) groups excluding carboxylic acids is 1. The first-order chi connectivity index (χ1) is 14.8. The zero-order chi connectivity index (χ0) is 20.6. The van der Waals surface area contributed by atoms with Crippen molar-refractivity contribution in [3.05, 3.63) is 144 Å². The molecular weight excluding hydrogens is 364 g/mol. The molecule has 0 aliphatic rings. The molecule has 2 atom stereocenters. The van der Waals surface area contributed by atoms with Gasteiger partial charge in [0.15, 0.2) is 5.78 Å². The topological polar surface area (TPSA) is 17.1 Å². The summed E-state index contributed by atoms with van der Waals surface area (Å²) in [7, 11) is 0. The summed E-state index contributed by atoms with van der Waals surface area (Å²) in [5.41, 5.74) is 4.45. The van der Waals surface area contributed by atoms with Gasteiger partial charge in [-0.3, -0.25) is 4.79 Å². The Bertz CT molecular complexity index is 1040. The van der Waals surface area contributed by atoms with Gasteiger partial charge in [0.25, 0.3) is 0 Å². The number of rotatable bonds is 8. The lowest BCUT2D eigenvalue weighted by Crippen LogP contribution is -2.26. The molecule has 4 aromatic carbocycles. The van der Waals surface area contributed by atoms with Gasteiger partial charge >= 0.3 is 0 Å². The summed E-state index contributed by atoms with van der Waals surface area (Å²) in [6.07, 6.45) is 1.56. The molecule has 0 fully saturated rings. The van der Waals surface area contributed by atoms with E-state index >= 15 is 0 Å². The minimum Gasteiger partial charge on any atom is -0.294 e. The third-order valence-electron chi connectivity index (χ3n) is 5.71. The highest BCUT2D eigenvalue weighted by molar-refractivity contribution is 5.98. The number of ketones is 1. The molecule has 4 aromatic rings. The van der Waals surface area contributed by atoms with Crippen LogP contribution in [0.2, 0.25) is 0 Å². The molecule has 148 valence electrons. The van der Waals surface area contributed by atoms with Crippen molar-refractivity contribution in [2.24, 2.45) is 5.92 Å². The maximum Gasteiger partial charge on any atom is 0.166 e. The van der Waals surface area contributed by atoms with Gasteiger partial charge in [-0.2, -0.15) is 0 Å². The van der Waals surface area contributed by atoms with Crippen LogP contribution in [-0.4, -0.2) is 5.78 Å². The Hall–Kier alpha value is -3.45. The molecule has 0 spiro atoms. The fourth-order valence-corrected chi connectivity index (χ4v) is 4.16. The van der Waals surface area contributed by atoms with Crippen LogP contribution in [0.15, 0.2) is 121 Å².